The van der Waals surface area contributed by atoms with Gasteiger partial charge in [0.2, 0.25) is 5.88 Å². The van der Waals surface area contributed by atoms with Crippen LogP contribution >= 0.6 is 31.9 Å². The van der Waals surface area contributed by atoms with Crippen LogP contribution in [0.4, 0.5) is 0 Å². The molecule has 0 unspecified atom stereocenters. The van der Waals surface area contributed by atoms with Crippen LogP contribution in [0.2, 0.25) is 0 Å². The summed E-state index contributed by atoms with van der Waals surface area (Å²) in [4.78, 5) is 15.2. The summed E-state index contributed by atoms with van der Waals surface area (Å²) in [5.74, 6) is -0.444. The fourth-order valence-corrected chi connectivity index (χ4v) is 2.02. The van der Waals surface area contributed by atoms with Gasteiger partial charge in [0.15, 0.2) is 0 Å². The minimum Gasteiger partial charge on any atom is -0.478 e. The Morgan fingerprint density at radius 2 is 2.05 bits per heavy atom. The third-order valence-corrected chi connectivity index (χ3v) is 3.73. The molecule has 0 fully saturated rings. The zero-order chi connectivity index (χ0) is 14.0. The molecule has 2 rings (SSSR count). The van der Waals surface area contributed by atoms with E-state index in [1.54, 1.807) is 24.4 Å². The fraction of sp³-hybridized carbons (Fsp3) is 0.0769. The lowest BCUT2D eigenvalue weighted by molar-refractivity contribution is 0.0694. The molecule has 1 aromatic carbocycles. The van der Waals surface area contributed by atoms with E-state index in [0.717, 1.165) is 10.0 Å². The highest BCUT2D eigenvalue weighted by atomic mass is 79.9. The number of ether oxygens (including phenoxy) is 1. The Kier molecular flexibility index (Phi) is 4.21. The Labute approximate surface area is 126 Å². The lowest BCUT2D eigenvalue weighted by atomic mass is 10.2. The van der Waals surface area contributed by atoms with Gasteiger partial charge in [0, 0.05) is 21.2 Å². The number of carboxylic acids is 1. The van der Waals surface area contributed by atoms with Crippen molar-refractivity contribution in [1.82, 2.24) is 4.98 Å². The molecule has 1 N–H and O–H groups in total. The molecule has 0 atom stereocenters. The number of aromatic nitrogens is 1. The average molecular weight is 387 g/mol. The van der Waals surface area contributed by atoms with Gasteiger partial charge in [0.05, 0.1) is 0 Å². The SMILES string of the molecule is Cc1cc(Oc2ccc(Br)cc2C(=O)O)ncc1Br. The Bertz CT molecular complexity index is 644. The number of aryl methyl sites for hydroxylation is 1. The lowest BCUT2D eigenvalue weighted by Crippen LogP contribution is -2.00. The number of hydrogen-bond acceptors (Lipinski definition) is 3. The smallest absolute Gasteiger partial charge is 0.339 e. The molecule has 1 aromatic heterocycles. The van der Waals surface area contributed by atoms with Crippen molar-refractivity contribution in [3.63, 3.8) is 0 Å². The number of rotatable bonds is 3. The quantitative estimate of drug-likeness (QED) is 0.848. The Hall–Kier alpha value is -1.40. The van der Waals surface area contributed by atoms with Crippen LogP contribution in [0.5, 0.6) is 11.6 Å². The van der Waals surface area contributed by atoms with Crippen LogP contribution < -0.4 is 4.74 Å². The number of halogens is 2. The number of pyridine rings is 1. The second kappa shape index (κ2) is 5.71. The van der Waals surface area contributed by atoms with Crippen molar-refractivity contribution in [3.05, 3.63) is 50.5 Å². The maximum absolute atomic E-state index is 11.2. The standard InChI is InChI=1S/C13H9Br2NO3/c1-7-4-12(16-6-10(7)15)19-11-3-2-8(14)5-9(11)13(17)18/h2-6H,1H3,(H,17,18). The van der Waals surface area contributed by atoms with Crippen LogP contribution in [-0.2, 0) is 0 Å². The van der Waals surface area contributed by atoms with Gasteiger partial charge in [0.25, 0.3) is 0 Å². The van der Waals surface area contributed by atoms with Crippen LogP contribution in [0.1, 0.15) is 15.9 Å². The molecule has 1 heterocycles. The predicted octanol–water partition coefficient (Wildman–Crippen LogP) is 4.41. The molecule has 0 aliphatic carbocycles. The second-order valence-corrected chi connectivity index (χ2v) is 5.59. The van der Waals surface area contributed by atoms with Gasteiger partial charge in [-0.05, 0) is 46.6 Å². The molecule has 6 heteroatoms. The normalized spacial score (nSPS) is 10.3. The molecule has 2 aromatic rings. The summed E-state index contributed by atoms with van der Waals surface area (Å²) in [5.41, 5.74) is 1.04. The molecule has 4 nitrogen and oxygen atoms in total. The predicted molar refractivity (Wildman–Crippen MR) is 77.8 cm³/mol. The largest absolute Gasteiger partial charge is 0.478 e. The van der Waals surface area contributed by atoms with Crippen LogP contribution in [0.15, 0.2) is 39.4 Å². The first kappa shape index (κ1) is 14.0. The van der Waals surface area contributed by atoms with E-state index in [9.17, 15) is 4.79 Å². The fourth-order valence-electron chi connectivity index (χ4n) is 1.44. The van der Waals surface area contributed by atoms with Crippen LogP contribution in [0, 0.1) is 6.92 Å². The molecule has 19 heavy (non-hydrogen) atoms. The van der Waals surface area contributed by atoms with E-state index in [1.165, 1.54) is 6.07 Å². The number of benzene rings is 1. The van der Waals surface area contributed by atoms with Gasteiger partial charge in [-0.3, -0.25) is 0 Å². The summed E-state index contributed by atoms with van der Waals surface area (Å²) in [6.07, 6.45) is 1.62. The first-order valence-corrected chi connectivity index (χ1v) is 6.89. The maximum Gasteiger partial charge on any atom is 0.339 e. The number of nitrogens with zero attached hydrogens (tertiary/aromatic N) is 1. The number of hydrogen-bond donors (Lipinski definition) is 1. The molecule has 98 valence electrons. The van der Waals surface area contributed by atoms with Crippen LogP contribution in [-0.4, -0.2) is 16.1 Å². The van der Waals surface area contributed by atoms with Crippen molar-refractivity contribution in [2.24, 2.45) is 0 Å². The molecule has 0 spiro atoms. The third-order valence-electron chi connectivity index (χ3n) is 2.41. The van der Waals surface area contributed by atoms with Gasteiger partial charge in [-0.15, -0.1) is 0 Å². The van der Waals surface area contributed by atoms with Gasteiger partial charge in [-0.25, -0.2) is 9.78 Å². The van der Waals surface area contributed by atoms with Gasteiger partial charge < -0.3 is 9.84 Å². The van der Waals surface area contributed by atoms with E-state index in [1.807, 2.05) is 6.92 Å². The minimum absolute atomic E-state index is 0.0803. The summed E-state index contributed by atoms with van der Waals surface area (Å²) in [6.45, 7) is 1.90. The molecule has 0 aliphatic rings. The highest BCUT2D eigenvalue weighted by molar-refractivity contribution is 9.10. The van der Waals surface area contributed by atoms with E-state index >= 15 is 0 Å². The topological polar surface area (TPSA) is 59.4 Å². The van der Waals surface area contributed by atoms with E-state index in [0.29, 0.717) is 10.4 Å². The highest BCUT2D eigenvalue weighted by Crippen LogP contribution is 2.28. The highest BCUT2D eigenvalue weighted by Gasteiger charge is 2.13. The maximum atomic E-state index is 11.2. The Morgan fingerprint density at radius 3 is 2.68 bits per heavy atom. The molecular weight excluding hydrogens is 378 g/mol. The number of aromatic carboxylic acids is 1. The first-order chi connectivity index (χ1) is 8.97. The van der Waals surface area contributed by atoms with Crippen molar-refractivity contribution in [3.8, 4) is 11.6 Å². The molecule has 0 saturated heterocycles. The summed E-state index contributed by atoms with van der Waals surface area (Å²) in [5, 5.41) is 9.14. The van der Waals surface area contributed by atoms with Crippen LogP contribution in [0.25, 0.3) is 0 Å². The van der Waals surface area contributed by atoms with Crippen molar-refractivity contribution < 1.29 is 14.6 Å². The number of carboxylic acid groups (broad SMARTS) is 1. The summed E-state index contributed by atoms with van der Waals surface area (Å²) in [6, 6.07) is 6.53. The zero-order valence-corrected chi connectivity index (χ0v) is 13.0. The lowest BCUT2D eigenvalue weighted by Gasteiger charge is -2.09. The van der Waals surface area contributed by atoms with Gasteiger partial charge in [0.1, 0.15) is 11.3 Å². The molecule has 0 bridgehead atoms. The van der Waals surface area contributed by atoms with Crippen molar-refractivity contribution in [2.45, 2.75) is 6.92 Å². The van der Waals surface area contributed by atoms with Crippen LogP contribution in [0.3, 0.4) is 0 Å². The molecule has 0 radical (unpaired) electrons. The first-order valence-electron chi connectivity index (χ1n) is 5.30. The monoisotopic (exact) mass is 385 g/mol. The minimum atomic E-state index is -1.05. The molecule has 0 aliphatic heterocycles. The Morgan fingerprint density at radius 1 is 1.32 bits per heavy atom. The van der Waals surface area contributed by atoms with E-state index < -0.39 is 5.97 Å². The van der Waals surface area contributed by atoms with E-state index in [2.05, 4.69) is 36.8 Å². The average Bonchev–Trinajstić information content (AvgIpc) is 2.36. The van der Waals surface area contributed by atoms with Crippen molar-refractivity contribution >= 4 is 37.8 Å². The van der Waals surface area contributed by atoms with Crippen molar-refractivity contribution in [1.29, 1.82) is 0 Å². The molecule has 0 saturated carbocycles. The Balaban J connectivity index is 2.37. The summed E-state index contributed by atoms with van der Waals surface area (Å²) in [7, 11) is 0. The number of carbonyl (C=O) groups is 1. The van der Waals surface area contributed by atoms with E-state index in [-0.39, 0.29) is 11.3 Å². The van der Waals surface area contributed by atoms with Gasteiger partial charge in [-0.1, -0.05) is 15.9 Å². The molecular formula is C13H9Br2NO3. The van der Waals surface area contributed by atoms with Crippen molar-refractivity contribution in [2.75, 3.05) is 0 Å². The summed E-state index contributed by atoms with van der Waals surface area (Å²) < 4.78 is 7.08. The third kappa shape index (κ3) is 3.33. The molecule has 0 amide bonds. The van der Waals surface area contributed by atoms with E-state index in [4.69, 9.17) is 9.84 Å². The second-order valence-electron chi connectivity index (χ2n) is 3.82. The van der Waals surface area contributed by atoms with Gasteiger partial charge >= 0.3 is 5.97 Å². The zero-order valence-electron chi connectivity index (χ0n) is 9.85. The van der Waals surface area contributed by atoms with Gasteiger partial charge in [-0.2, -0.15) is 0 Å². The summed E-state index contributed by atoms with van der Waals surface area (Å²) >= 11 is 6.57.